The molecule has 0 aromatic heterocycles. The van der Waals surface area contributed by atoms with Gasteiger partial charge >= 0.3 is 6.09 Å². The normalized spacial score (nSPS) is 18.2. The lowest BCUT2D eigenvalue weighted by Crippen LogP contribution is -2.43. The Kier molecular flexibility index (Phi) is 6.56. The summed E-state index contributed by atoms with van der Waals surface area (Å²) in [5.74, 6) is 0.562. The maximum atomic E-state index is 12.8. The molecule has 0 saturated carbocycles. The van der Waals surface area contributed by atoms with Gasteiger partial charge in [-0.15, -0.1) is 0 Å². The van der Waals surface area contributed by atoms with Crippen LogP contribution in [0, 0.1) is 0 Å². The molecule has 3 rings (SSSR count). The Morgan fingerprint density at radius 2 is 1.90 bits per heavy atom. The average Bonchev–Trinajstić information content (AvgIpc) is 3.14. The highest BCUT2D eigenvalue weighted by Crippen LogP contribution is 2.30. The van der Waals surface area contributed by atoms with Crippen molar-refractivity contribution >= 4 is 17.7 Å². The van der Waals surface area contributed by atoms with Crippen molar-refractivity contribution in [1.29, 1.82) is 0 Å². The quantitative estimate of drug-likeness (QED) is 0.773. The van der Waals surface area contributed by atoms with E-state index in [2.05, 4.69) is 5.32 Å². The van der Waals surface area contributed by atoms with Crippen LogP contribution in [0.25, 0.3) is 0 Å². The first-order valence-corrected chi connectivity index (χ1v) is 9.20. The van der Waals surface area contributed by atoms with E-state index in [0.29, 0.717) is 17.2 Å². The number of ether oxygens (including phenoxy) is 3. The molecule has 0 aliphatic carbocycles. The molecule has 8 heteroatoms. The minimum Gasteiger partial charge on any atom is -0.497 e. The molecule has 2 N–H and O–H groups in total. The highest BCUT2D eigenvalue weighted by atomic mass is 16.6. The van der Waals surface area contributed by atoms with Gasteiger partial charge in [-0.25, -0.2) is 4.79 Å². The van der Waals surface area contributed by atoms with Gasteiger partial charge in [0.25, 0.3) is 0 Å². The van der Waals surface area contributed by atoms with E-state index in [9.17, 15) is 14.7 Å². The lowest BCUT2D eigenvalue weighted by atomic mass is 10.1. The molecular weight excluding hydrogens is 376 g/mol. The third kappa shape index (κ3) is 4.97. The summed E-state index contributed by atoms with van der Waals surface area (Å²) >= 11 is 0. The number of hydrogen-bond acceptors (Lipinski definition) is 6. The van der Waals surface area contributed by atoms with Crippen molar-refractivity contribution in [2.24, 2.45) is 0 Å². The van der Waals surface area contributed by atoms with E-state index in [1.165, 1.54) is 19.1 Å². The Labute approximate surface area is 169 Å². The van der Waals surface area contributed by atoms with Crippen LogP contribution in [-0.2, 0) is 16.1 Å². The second-order valence-corrected chi connectivity index (χ2v) is 6.65. The monoisotopic (exact) mass is 400 g/mol. The van der Waals surface area contributed by atoms with Crippen molar-refractivity contribution in [3.63, 3.8) is 0 Å². The predicted octanol–water partition coefficient (Wildman–Crippen LogP) is 2.41. The smallest absolute Gasteiger partial charge is 0.410 e. The van der Waals surface area contributed by atoms with Crippen molar-refractivity contribution in [3.05, 3.63) is 54.1 Å². The second-order valence-electron chi connectivity index (χ2n) is 6.65. The van der Waals surface area contributed by atoms with Crippen molar-refractivity contribution < 1.29 is 28.9 Å². The minimum absolute atomic E-state index is 0.0287. The molecule has 8 nitrogen and oxygen atoms in total. The maximum Gasteiger partial charge on any atom is 0.410 e. The zero-order valence-electron chi connectivity index (χ0n) is 16.3. The summed E-state index contributed by atoms with van der Waals surface area (Å²) in [6.07, 6.45) is -1.33. The minimum atomic E-state index is -0.857. The van der Waals surface area contributed by atoms with E-state index >= 15 is 0 Å². The third-order valence-corrected chi connectivity index (χ3v) is 4.69. The van der Waals surface area contributed by atoms with Crippen molar-refractivity contribution in [3.8, 4) is 11.5 Å². The fraction of sp³-hybridized carbons (Fsp3) is 0.333. The van der Waals surface area contributed by atoms with Crippen molar-refractivity contribution in [2.45, 2.75) is 25.2 Å². The Balaban J connectivity index is 1.69. The maximum absolute atomic E-state index is 12.8. The first-order chi connectivity index (χ1) is 14.0. The van der Waals surface area contributed by atoms with Gasteiger partial charge in [-0.3, -0.25) is 9.69 Å². The standard InChI is InChI=1S/C21H24N2O6/c1-27-16-8-9-19(28-2)17(11-16)22-20(25)18-10-15(24)12-23(18)21(26)29-13-14-6-4-3-5-7-14/h3-9,11,15,18,24H,10,12-13H2,1-2H3,(H,22,25)/t15-,18-/m0/s1. The molecule has 1 aliphatic heterocycles. The van der Waals surface area contributed by atoms with Crippen LogP contribution in [0.15, 0.2) is 48.5 Å². The summed E-state index contributed by atoms with van der Waals surface area (Å²) in [5.41, 5.74) is 1.25. The van der Waals surface area contributed by atoms with Gasteiger partial charge in [0, 0.05) is 12.5 Å². The molecule has 2 amide bonds. The van der Waals surface area contributed by atoms with Gasteiger partial charge in [0.2, 0.25) is 5.91 Å². The van der Waals surface area contributed by atoms with Gasteiger partial charge in [0.1, 0.15) is 24.1 Å². The number of β-amino-alcohol motifs (C(OH)–C–C–N with tert-alkyl or cyclic N) is 1. The number of anilines is 1. The van der Waals surface area contributed by atoms with Crippen LogP contribution < -0.4 is 14.8 Å². The topological polar surface area (TPSA) is 97.3 Å². The van der Waals surface area contributed by atoms with Gasteiger partial charge in [-0.2, -0.15) is 0 Å². The van der Waals surface area contributed by atoms with E-state index in [1.54, 1.807) is 18.2 Å². The number of benzene rings is 2. The van der Waals surface area contributed by atoms with Crippen LogP contribution in [0.5, 0.6) is 11.5 Å². The molecule has 2 aromatic carbocycles. The molecule has 2 atom stereocenters. The molecule has 1 heterocycles. The van der Waals surface area contributed by atoms with Gasteiger partial charge < -0.3 is 24.6 Å². The fourth-order valence-corrected chi connectivity index (χ4v) is 3.19. The molecule has 0 spiro atoms. The van der Waals surface area contributed by atoms with Crippen LogP contribution in [-0.4, -0.2) is 54.9 Å². The molecule has 0 radical (unpaired) electrons. The number of hydrogen-bond donors (Lipinski definition) is 2. The SMILES string of the molecule is COc1ccc(OC)c(NC(=O)[C@@H]2C[C@H](O)CN2C(=O)OCc2ccccc2)c1. The zero-order chi connectivity index (χ0) is 20.8. The first kappa shape index (κ1) is 20.5. The summed E-state index contributed by atoms with van der Waals surface area (Å²) in [6.45, 7) is 0.116. The number of nitrogens with one attached hydrogen (secondary N) is 1. The summed E-state index contributed by atoms with van der Waals surface area (Å²) in [6, 6.07) is 13.4. The number of likely N-dealkylation sites (tertiary alicyclic amines) is 1. The van der Waals surface area contributed by atoms with Gasteiger partial charge in [0.05, 0.1) is 32.6 Å². The number of aliphatic hydroxyl groups excluding tert-OH is 1. The largest absolute Gasteiger partial charge is 0.497 e. The van der Waals surface area contributed by atoms with Crippen molar-refractivity contribution in [1.82, 2.24) is 4.90 Å². The van der Waals surface area contributed by atoms with Gasteiger partial charge in [0.15, 0.2) is 0 Å². The average molecular weight is 400 g/mol. The number of amides is 2. The molecule has 2 aromatic rings. The summed E-state index contributed by atoms with van der Waals surface area (Å²) in [5, 5.41) is 12.8. The summed E-state index contributed by atoms with van der Waals surface area (Å²) in [7, 11) is 3.01. The zero-order valence-corrected chi connectivity index (χ0v) is 16.3. The number of rotatable bonds is 6. The van der Waals surface area contributed by atoms with Crippen LogP contribution in [0.2, 0.25) is 0 Å². The molecule has 0 unspecified atom stereocenters. The van der Waals surface area contributed by atoms with E-state index < -0.39 is 24.1 Å². The number of carbonyl (C=O) groups is 2. The number of carbonyl (C=O) groups excluding carboxylic acids is 2. The molecule has 1 aliphatic rings. The van der Waals surface area contributed by atoms with Crippen LogP contribution in [0.3, 0.4) is 0 Å². The Bertz CT molecular complexity index is 858. The second kappa shape index (κ2) is 9.29. The number of methoxy groups -OCH3 is 2. The first-order valence-electron chi connectivity index (χ1n) is 9.20. The molecule has 154 valence electrons. The Morgan fingerprint density at radius 3 is 2.59 bits per heavy atom. The van der Waals surface area contributed by atoms with E-state index in [4.69, 9.17) is 14.2 Å². The lowest BCUT2D eigenvalue weighted by Gasteiger charge is -2.23. The Hall–Kier alpha value is -3.26. The molecular formula is C21H24N2O6. The lowest BCUT2D eigenvalue weighted by molar-refractivity contribution is -0.120. The van der Waals surface area contributed by atoms with Crippen molar-refractivity contribution in [2.75, 3.05) is 26.1 Å². The van der Waals surface area contributed by atoms with Gasteiger partial charge in [-0.1, -0.05) is 30.3 Å². The molecule has 0 bridgehead atoms. The number of aliphatic hydroxyl groups is 1. The predicted molar refractivity (Wildman–Crippen MR) is 106 cm³/mol. The van der Waals surface area contributed by atoms with Crippen LogP contribution in [0.4, 0.5) is 10.5 Å². The number of nitrogens with zero attached hydrogens (tertiary/aromatic N) is 1. The van der Waals surface area contributed by atoms with E-state index in [0.717, 1.165) is 5.56 Å². The summed E-state index contributed by atoms with van der Waals surface area (Å²) < 4.78 is 15.8. The van der Waals surface area contributed by atoms with E-state index in [1.807, 2.05) is 30.3 Å². The van der Waals surface area contributed by atoms with E-state index in [-0.39, 0.29) is 19.6 Å². The molecule has 29 heavy (non-hydrogen) atoms. The Morgan fingerprint density at radius 1 is 1.14 bits per heavy atom. The highest BCUT2D eigenvalue weighted by Gasteiger charge is 2.40. The highest BCUT2D eigenvalue weighted by molar-refractivity contribution is 5.98. The fourth-order valence-electron chi connectivity index (χ4n) is 3.19. The summed E-state index contributed by atoms with van der Waals surface area (Å²) in [4.78, 5) is 26.6. The molecule has 1 fully saturated rings. The van der Waals surface area contributed by atoms with Crippen LogP contribution >= 0.6 is 0 Å². The van der Waals surface area contributed by atoms with Crippen LogP contribution in [0.1, 0.15) is 12.0 Å². The van der Waals surface area contributed by atoms with Gasteiger partial charge in [-0.05, 0) is 17.7 Å². The third-order valence-electron chi connectivity index (χ3n) is 4.69. The molecule has 1 saturated heterocycles.